The van der Waals surface area contributed by atoms with Gasteiger partial charge in [-0.05, 0) is 36.8 Å². The van der Waals surface area contributed by atoms with Gasteiger partial charge in [0.1, 0.15) is 17.3 Å². The molecule has 3 N–H and O–H groups in total. The fourth-order valence-electron chi connectivity index (χ4n) is 1.70. The van der Waals surface area contributed by atoms with Crippen LogP contribution in [0.5, 0.6) is 11.5 Å². The lowest BCUT2D eigenvalue weighted by atomic mass is 10.0. The highest BCUT2D eigenvalue weighted by atomic mass is 19.1. The lowest BCUT2D eigenvalue weighted by Crippen LogP contribution is -1.93. The molecule has 0 spiro atoms. The average molecular weight is 247 g/mol. The molecule has 0 saturated carbocycles. The van der Waals surface area contributed by atoms with Crippen LogP contribution >= 0.6 is 0 Å². The van der Waals surface area contributed by atoms with Gasteiger partial charge in [0.15, 0.2) is 0 Å². The SMILES string of the molecule is CCOc1ccc(-c2ccc(N)c(O)c2)c(F)c1. The number of nitrogen functional groups attached to an aromatic ring is 1. The number of benzene rings is 2. The van der Waals surface area contributed by atoms with Gasteiger partial charge in [-0.1, -0.05) is 6.07 Å². The Hall–Kier alpha value is -2.23. The molecule has 0 radical (unpaired) electrons. The molecule has 94 valence electrons. The fourth-order valence-corrected chi connectivity index (χ4v) is 1.70. The minimum absolute atomic E-state index is 0.0548. The van der Waals surface area contributed by atoms with E-state index in [1.807, 2.05) is 6.92 Å². The monoisotopic (exact) mass is 247 g/mol. The normalized spacial score (nSPS) is 10.3. The van der Waals surface area contributed by atoms with Crippen molar-refractivity contribution in [2.75, 3.05) is 12.3 Å². The Morgan fingerprint density at radius 1 is 1.22 bits per heavy atom. The Labute approximate surface area is 105 Å². The summed E-state index contributed by atoms with van der Waals surface area (Å²) in [5.74, 6) is 0.0318. The molecule has 0 bridgehead atoms. The molecule has 0 fully saturated rings. The van der Waals surface area contributed by atoms with Crippen molar-refractivity contribution in [3.63, 3.8) is 0 Å². The zero-order valence-electron chi connectivity index (χ0n) is 9.98. The number of phenolic OH excluding ortho intramolecular Hbond substituents is 1. The number of phenols is 1. The summed E-state index contributed by atoms with van der Waals surface area (Å²) in [7, 11) is 0. The molecule has 0 saturated heterocycles. The van der Waals surface area contributed by atoms with Crippen molar-refractivity contribution >= 4 is 5.69 Å². The van der Waals surface area contributed by atoms with Crippen LogP contribution in [0.4, 0.5) is 10.1 Å². The van der Waals surface area contributed by atoms with Crippen LogP contribution < -0.4 is 10.5 Å². The van der Waals surface area contributed by atoms with Crippen LogP contribution in [0.25, 0.3) is 11.1 Å². The molecule has 0 atom stereocenters. The number of halogens is 1. The van der Waals surface area contributed by atoms with E-state index in [0.717, 1.165) is 0 Å². The predicted octanol–water partition coefficient (Wildman–Crippen LogP) is 3.18. The first-order valence-electron chi connectivity index (χ1n) is 5.63. The van der Waals surface area contributed by atoms with Crippen LogP contribution in [-0.2, 0) is 0 Å². The molecule has 0 unspecified atom stereocenters. The lowest BCUT2D eigenvalue weighted by Gasteiger charge is -2.08. The first kappa shape index (κ1) is 12.2. The summed E-state index contributed by atoms with van der Waals surface area (Å²) in [6.07, 6.45) is 0. The molecule has 3 nitrogen and oxygen atoms in total. The minimum atomic E-state index is -0.398. The third kappa shape index (κ3) is 2.37. The lowest BCUT2D eigenvalue weighted by molar-refractivity contribution is 0.338. The van der Waals surface area contributed by atoms with Crippen molar-refractivity contribution in [1.82, 2.24) is 0 Å². The molecular formula is C14H14FNO2. The van der Waals surface area contributed by atoms with Gasteiger partial charge in [-0.3, -0.25) is 0 Å². The molecule has 2 rings (SSSR count). The molecule has 0 aromatic heterocycles. The number of ether oxygens (including phenoxy) is 1. The molecular weight excluding hydrogens is 233 g/mol. The molecule has 4 heteroatoms. The molecule has 0 aliphatic carbocycles. The van der Waals surface area contributed by atoms with Crippen molar-refractivity contribution in [1.29, 1.82) is 0 Å². The zero-order chi connectivity index (χ0) is 13.1. The number of anilines is 1. The van der Waals surface area contributed by atoms with Crippen molar-refractivity contribution < 1.29 is 14.2 Å². The van der Waals surface area contributed by atoms with Crippen molar-refractivity contribution in [2.45, 2.75) is 6.92 Å². The topological polar surface area (TPSA) is 55.5 Å². The van der Waals surface area contributed by atoms with Crippen LogP contribution in [0.15, 0.2) is 36.4 Å². The molecule has 2 aromatic carbocycles. The minimum Gasteiger partial charge on any atom is -0.506 e. The van der Waals surface area contributed by atoms with Gasteiger partial charge >= 0.3 is 0 Å². The summed E-state index contributed by atoms with van der Waals surface area (Å²) in [5.41, 5.74) is 6.74. The van der Waals surface area contributed by atoms with Gasteiger partial charge in [0.05, 0.1) is 12.3 Å². The van der Waals surface area contributed by atoms with Gasteiger partial charge in [0, 0.05) is 11.6 Å². The number of rotatable bonds is 3. The summed E-state index contributed by atoms with van der Waals surface area (Å²) < 4.78 is 19.1. The van der Waals surface area contributed by atoms with Gasteiger partial charge in [0.2, 0.25) is 0 Å². The van der Waals surface area contributed by atoms with Crippen LogP contribution in [0.3, 0.4) is 0 Å². The van der Waals surface area contributed by atoms with E-state index in [1.54, 1.807) is 24.3 Å². The van der Waals surface area contributed by atoms with Gasteiger partial charge in [-0.25, -0.2) is 4.39 Å². The Morgan fingerprint density at radius 3 is 2.61 bits per heavy atom. The van der Waals surface area contributed by atoms with E-state index in [4.69, 9.17) is 10.5 Å². The van der Waals surface area contributed by atoms with Gasteiger partial charge < -0.3 is 15.6 Å². The highest BCUT2D eigenvalue weighted by Gasteiger charge is 2.08. The first-order chi connectivity index (χ1) is 8.61. The maximum atomic E-state index is 13.9. The van der Waals surface area contributed by atoms with E-state index in [0.29, 0.717) is 23.5 Å². The highest BCUT2D eigenvalue weighted by Crippen LogP contribution is 2.31. The Morgan fingerprint density at radius 2 is 2.00 bits per heavy atom. The predicted molar refractivity (Wildman–Crippen MR) is 69.1 cm³/mol. The molecule has 18 heavy (non-hydrogen) atoms. The summed E-state index contributed by atoms with van der Waals surface area (Å²) in [6.45, 7) is 2.32. The van der Waals surface area contributed by atoms with Crippen molar-refractivity contribution in [3.05, 3.63) is 42.2 Å². The zero-order valence-corrected chi connectivity index (χ0v) is 9.98. The van der Waals surface area contributed by atoms with Crippen LogP contribution in [-0.4, -0.2) is 11.7 Å². The third-order valence-corrected chi connectivity index (χ3v) is 2.59. The summed E-state index contributed by atoms with van der Waals surface area (Å²) in [6, 6.07) is 9.27. The maximum absolute atomic E-state index is 13.9. The quantitative estimate of drug-likeness (QED) is 0.647. The Balaban J connectivity index is 2.41. The average Bonchev–Trinajstić information content (AvgIpc) is 2.34. The van der Waals surface area contributed by atoms with Gasteiger partial charge in [-0.2, -0.15) is 0 Å². The fraction of sp³-hybridized carbons (Fsp3) is 0.143. The molecule has 2 aromatic rings. The first-order valence-corrected chi connectivity index (χ1v) is 5.63. The number of hydrogen-bond acceptors (Lipinski definition) is 3. The second-order valence-electron chi connectivity index (χ2n) is 3.85. The second kappa shape index (κ2) is 4.96. The number of hydrogen-bond donors (Lipinski definition) is 2. The Bertz CT molecular complexity index is 570. The highest BCUT2D eigenvalue weighted by molar-refractivity contribution is 5.70. The standard InChI is InChI=1S/C14H14FNO2/c1-2-18-10-4-5-11(12(15)8-10)9-3-6-13(16)14(17)7-9/h3-8,17H,2,16H2,1H3. The van der Waals surface area contributed by atoms with E-state index >= 15 is 0 Å². The van der Waals surface area contributed by atoms with Crippen LogP contribution in [0, 0.1) is 5.82 Å². The third-order valence-electron chi connectivity index (χ3n) is 2.59. The maximum Gasteiger partial charge on any atom is 0.139 e. The molecule has 0 aliphatic rings. The van der Waals surface area contributed by atoms with Crippen molar-refractivity contribution in [2.24, 2.45) is 0 Å². The van der Waals surface area contributed by atoms with E-state index < -0.39 is 5.82 Å². The summed E-state index contributed by atoms with van der Waals surface area (Å²) >= 11 is 0. The Kier molecular flexibility index (Phi) is 3.37. The van der Waals surface area contributed by atoms with Crippen LogP contribution in [0.1, 0.15) is 6.92 Å². The summed E-state index contributed by atoms with van der Waals surface area (Å²) in [5, 5.41) is 9.52. The van der Waals surface area contributed by atoms with Crippen molar-refractivity contribution in [3.8, 4) is 22.6 Å². The largest absolute Gasteiger partial charge is 0.506 e. The van der Waals surface area contributed by atoms with E-state index in [-0.39, 0.29) is 11.4 Å². The second-order valence-corrected chi connectivity index (χ2v) is 3.85. The number of aromatic hydroxyl groups is 1. The van der Waals surface area contributed by atoms with E-state index in [2.05, 4.69) is 0 Å². The number of nitrogens with two attached hydrogens (primary N) is 1. The van der Waals surface area contributed by atoms with Gasteiger partial charge in [-0.15, -0.1) is 0 Å². The smallest absolute Gasteiger partial charge is 0.139 e. The summed E-state index contributed by atoms with van der Waals surface area (Å²) in [4.78, 5) is 0. The van der Waals surface area contributed by atoms with Gasteiger partial charge in [0.25, 0.3) is 0 Å². The van der Waals surface area contributed by atoms with E-state index in [1.165, 1.54) is 12.1 Å². The molecule has 0 amide bonds. The van der Waals surface area contributed by atoms with Crippen LogP contribution in [0.2, 0.25) is 0 Å². The molecule has 0 heterocycles. The van der Waals surface area contributed by atoms with E-state index in [9.17, 15) is 9.50 Å². The molecule has 0 aliphatic heterocycles.